The summed E-state index contributed by atoms with van der Waals surface area (Å²) in [6.07, 6.45) is 11.0. The van der Waals surface area contributed by atoms with Crippen molar-refractivity contribution in [3.05, 3.63) is 102 Å². The molecule has 1 fully saturated rings. The van der Waals surface area contributed by atoms with Crippen molar-refractivity contribution in [2.45, 2.75) is 90.5 Å². The molecule has 1 saturated heterocycles. The van der Waals surface area contributed by atoms with Crippen molar-refractivity contribution in [3.8, 4) is 28.3 Å². The molecule has 0 bridgehead atoms. The van der Waals surface area contributed by atoms with Gasteiger partial charge in [0.05, 0.1) is 6.61 Å². The number of carboxylic acid groups (broad SMARTS) is 1. The highest BCUT2D eigenvalue weighted by Gasteiger charge is 2.37. The fraction of sp³-hybridized carbons (Fsp3) is 0.405. The van der Waals surface area contributed by atoms with Gasteiger partial charge in [-0.25, -0.2) is 14.8 Å². The molecule has 1 amide bonds. The largest absolute Gasteiger partial charge is 0.494 e. The van der Waals surface area contributed by atoms with E-state index < -0.39 is 17.9 Å². The van der Waals surface area contributed by atoms with Gasteiger partial charge in [-0.1, -0.05) is 107 Å². The summed E-state index contributed by atoms with van der Waals surface area (Å²) in [7, 11) is 0. The van der Waals surface area contributed by atoms with Crippen LogP contribution < -0.4 is 4.74 Å². The van der Waals surface area contributed by atoms with E-state index in [0.29, 0.717) is 43.1 Å². The summed E-state index contributed by atoms with van der Waals surface area (Å²) in [6, 6.07) is 22.4. The van der Waals surface area contributed by atoms with Gasteiger partial charge in [0.25, 0.3) is 0 Å². The lowest BCUT2D eigenvalue weighted by Crippen LogP contribution is -2.44. The number of nitrogens with zero attached hydrogens (tertiary/aromatic N) is 3. The van der Waals surface area contributed by atoms with Crippen LogP contribution in [0.5, 0.6) is 5.75 Å². The fourth-order valence-electron chi connectivity index (χ4n) is 6.50. The Hall–Kier alpha value is -4.85. The van der Waals surface area contributed by atoms with Crippen LogP contribution in [0.2, 0.25) is 0 Å². The molecule has 1 aromatic heterocycles. The average molecular weight is 676 g/mol. The van der Waals surface area contributed by atoms with Crippen LogP contribution >= 0.6 is 0 Å². The van der Waals surface area contributed by atoms with E-state index in [9.17, 15) is 19.5 Å². The third-order valence-electron chi connectivity index (χ3n) is 9.55. The van der Waals surface area contributed by atoms with E-state index in [2.05, 4.69) is 30.7 Å². The van der Waals surface area contributed by atoms with Crippen molar-refractivity contribution < 1.29 is 24.2 Å². The topological polar surface area (TPSA) is 110 Å². The van der Waals surface area contributed by atoms with Gasteiger partial charge in [0.1, 0.15) is 11.8 Å². The zero-order chi connectivity index (χ0) is 35.5. The first-order valence-electron chi connectivity index (χ1n) is 18.0. The number of carboxylic acids is 1. The van der Waals surface area contributed by atoms with Gasteiger partial charge in [-0.05, 0) is 60.4 Å². The van der Waals surface area contributed by atoms with E-state index in [-0.39, 0.29) is 18.1 Å². The first kappa shape index (κ1) is 36.4. The van der Waals surface area contributed by atoms with Crippen molar-refractivity contribution in [1.29, 1.82) is 0 Å². The number of aromatic nitrogens is 2. The van der Waals surface area contributed by atoms with Crippen LogP contribution in [0, 0.1) is 5.92 Å². The predicted octanol–water partition coefficient (Wildman–Crippen LogP) is 8.79. The monoisotopic (exact) mass is 675 g/mol. The molecule has 262 valence electrons. The minimum absolute atomic E-state index is 0.00116. The third kappa shape index (κ3) is 9.65. The number of Topliss-reactive ketones (excluding diaryl/α,β-unsaturated/α-hetero) is 1. The lowest BCUT2D eigenvalue weighted by molar-refractivity contribution is -0.149. The number of ketones is 1. The molecule has 3 aromatic carbocycles. The molecule has 0 spiro atoms. The van der Waals surface area contributed by atoms with E-state index >= 15 is 0 Å². The van der Waals surface area contributed by atoms with Gasteiger partial charge in [-0.3, -0.25) is 9.59 Å². The first-order chi connectivity index (χ1) is 24.2. The maximum Gasteiger partial charge on any atom is 0.326 e. The Morgan fingerprint density at radius 1 is 0.840 bits per heavy atom. The molecule has 8 nitrogen and oxygen atoms in total. The Morgan fingerprint density at radius 3 is 2.14 bits per heavy atom. The van der Waals surface area contributed by atoms with E-state index in [4.69, 9.17) is 4.74 Å². The third-order valence-corrected chi connectivity index (χ3v) is 9.55. The molecule has 0 unspecified atom stereocenters. The summed E-state index contributed by atoms with van der Waals surface area (Å²) in [5.74, 6) is -0.321. The molecular weight excluding hydrogens is 626 g/mol. The highest BCUT2D eigenvalue weighted by Crippen LogP contribution is 2.27. The normalized spacial score (nSPS) is 14.9. The molecule has 1 N–H and O–H groups in total. The Balaban J connectivity index is 1.24. The molecule has 50 heavy (non-hydrogen) atoms. The van der Waals surface area contributed by atoms with E-state index in [0.717, 1.165) is 46.6 Å². The maximum absolute atomic E-state index is 13.8. The second kappa shape index (κ2) is 17.7. The number of amides is 1. The number of aliphatic carboxylic acids is 1. The number of benzene rings is 3. The van der Waals surface area contributed by atoms with Crippen LogP contribution in [0.25, 0.3) is 22.5 Å². The van der Waals surface area contributed by atoms with Crippen LogP contribution in [0.1, 0.15) is 99.5 Å². The maximum atomic E-state index is 13.8. The predicted molar refractivity (Wildman–Crippen MR) is 196 cm³/mol. The smallest absolute Gasteiger partial charge is 0.326 e. The van der Waals surface area contributed by atoms with Crippen molar-refractivity contribution >= 4 is 17.7 Å². The minimum atomic E-state index is -1.00. The zero-order valence-electron chi connectivity index (χ0n) is 29.5. The van der Waals surface area contributed by atoms with Gasteiger partial charge in [-0.15, -0.1) is 0 Å². The van der Waals surface area contributed by atoms with Crippen molar-refractivity contribution in [2.24, 2.45) is 5.92 Å². The van der Waals surface area contributed by atoms with Crippen LogP contribution in [0.3, 0.4) is 0 Å². The van der Waals surface area contributed by atoms with E-state index in [1.165, 1.54) is 30.6 Å². The average Bonchev–Trinajstić information content (AvgIpc) is 3.64. The van der Waals surface area contributed by atoms with Crippen molar-refractivity contribution in [1.82, 2.24) is 14.9 Å². The van der Waals surface area contributed by atoms with Gasteiger partial charge in [0, 0.05) is 48.0 Å². The molecule has 1 aliphatic rings. The molecule has 0 aliphatic carbocycles. The summed E-state index contributed by atoms with van der Waals surface area (Å²) in [4.78, 5) is 49.8. The van der Waals surface area contributed by atoms with Gasteiger partial charge < -0.3 is 14.7 Å². The fourth-order valence-corrected chi connectivity index (χ4v) is 6.50. The summed E-state index contributed by atoms with van der Waals surface area (Å²) >= 11 is 0. The molecule has 0 radical (unpaired) electrons. The Kier molecular flexibility index (Phi) is 12.9. The Morgan fingerprint density at radius 2 is 1.50 bits per heavy atom. The highest BCUT2D eigenvalue weighted by molar-refractivity contribution is 5.99. The van der Waals surface area contributed by atoms with E-state index in [1.807, 2.05) is 85.2 Å². The SMILES string of the molecule is CCCCCCCOc1ccc(-c2cnc(-c3ccc(C[C@H](CC(=O)c4ccc(C(C)C)cc4)C(=O)N4CCC[C@H]4C(=O)O)cc3)nc2)cc1. The van der Waals surface area contributed by atoms with Crippen LogP contribution in [0.15, 0.2) is 85.2 Å². The van der Waals surface area contributed by atoms with Crippen molar-refractivity contribution in [2.75, 3.05) is 13.2 Å². The van der Waals surface area contributed by atoms with Crippen molar-refractivity contribution in [3.63, 3.8) is 0 Å². The highest BCUT2D eigenvalue weighted by atomic mass is 16.5. The number of carbonyl (C=O) groups excluding carboxylic acids is 2. The van der Waals surface area contributed by atoms with E-state index in [1.54, 1.807) is 0 Å². The molecule has 5 rings (SSSR count). The molecular formula is C42H49N3O5. The summed E-state index contributed by atoms with van der Waals surface area (Å²) < 4.78 is 5.90. The quantitative estimate of drug-likeness (QED) is 0.0880. The molecule has 2 atom stereocenters. The zero-order valence-corrected chi connectivity index (χ0v) is 29.5. The van der Waals surface area contributed by atoms with Crippen LogP contribution in [-0.2, 0) is 16.0 Å². The van der Waals surface area contributed by atoms with Gasteiger partial charge in [-0.2, -0.15) is 0 Å². The molecule has 0 saturated carbocycles. The number of ether oxygens (including phenoxy) is 1. The lowest BCUT2D eigenvalue weighted by atomic mass is 9.89. The van der Waals surface area contributed by atoms with Gasteiger partial charge in [0.15, 0.2) is 11.6 Å². The number of carbonyl (C=O) groups is 3. The van der Waals surface area contributed by atoms with Crippen LogP contribution in [-0.4, -0.2) is 56.8 Å². The number of hydrogen-bond acceptors (Lipinski definition) is 6. The number of hydrogen-bond donors (Lipinski definition) is 1. The standard InChI is InChI=1S/C42H49N3O5/c1-4-5-6-7-8-24-50-37-21-19-32(20-22-37)36-27-43-40(44-28-36)34-13-11-30(12-14-34)25-35(41(47)45-23-9-10-38(45)42(48)49)26-39(46)33-17-15-31(16-18-33)29(2)3/h11-22,27-29,35,38H,4-10,23-26H2,1-3H3,(H,48,49)/t35-,38+/m1/s1. The number of rotatable bonds is 17. The summed E-state index contributed by atoms with van der Waals surface area (Å²) in [5.41, 5.74) is 5.31. The van der Waals surface area contributed by atoms with Crippen LogP contribution in [0.4, 0.5) is 0 Å². The minimum Gasteiger partial charge on any atom is -0.494 e. The molecule has 1 aliphatic heterocycles. The van der Waals surface area contributed by atoms with Gasteiger partial charge >= 0.3 is 5.97 Å². The Labute approximate surface area is 295 Å². The molecule has 2 heterocycles. The van der Waals surface area contributed by atoms with Gasteiger partial charge in [0.2, 0.25) is 5.91 Å². The number of likely N-dealkylation sites (tertiary alicyclic amines) is 1. The lowest BCUT2D eigenvalue weighted by Gasteiger charge is -2.26. The first-order valence-corrected chi connectivity index (χ1v) is 18.0. The number of unbranched alkanes of at least 4 members (excludes halogenated alkanes) is 4. The second-order valence-electron chi connectivity index (χ2n) is 13.6. The summed E-state index contributed by atoms with van der Waals surface area (Å²) in [5, 5.41) is 9.75. The molecule has 8 heteroatoms. The molecule has 4 aromatic rings. The Bertz CT molecular complexity index is 1700. The second-order valence-corrected chi connectivity index (χ2v) is 13.6. The summed E-state index contributed by atoms with van der Waals surface area (Å²) in [6.45, 7) is 7.52.